The number of Topliss-reactive ketones (excluding diaryl/α,β-unsaturated/α-hetero) is 1. The van der Waals surface area contributed by atoms with Crippen LogP contribution in [0, 0.1) is 6.92 Å². The predicted octanol–water partition coefficient (Wildman–Crippen LogP) is 1.73. The van der Waals surface area contributed by atoms with Crippen molar-refractivity contribution in [2.75, 3.05) is 5.73 Å². The number of hydrogen-bond acceptors (Lipinski definition) is 3. The number of nitrogen functional groups attached to an aromatic ring is 1. The summed E-state index contributed by atoms with van der Waals surface area (Å²) in [4.78, 5) is 18.9. The molecule has 0 aliphatic rings. The van der Waals surface area contributed by atoms with E-state index in [2.05, 4.69) is 9.97 Å². The number of nitrogens with one attached hydrogen (secondary N) is 1. The van der Waals surface area contributed by atoms with E-state index < -0.39 is 0 Å². The summed E-state index contributed by atoms with van der Waals surface area (Å²) in [6.07, 6.45) is 3.57. The van der Waals surface area contributed by atoms with Gasteiger partial charge in [0, 0.05) is 23.6 Å². The highest BCUT2D eigenvalue weighted by molar-refractivity contribution is 6.02. The van der Waals surface area contributed by atoms with Crippen molar-refractivity contribution in [2.24, 2.45) is 0 Å². The molecule has 0 aliphatic carbocycles. The second-order valence-corrected chi connectivity index (χ2v) is 3.67. The van der Waals surface area contributed by atoms with E-state index in [4.69, 9.17) is 5.73 Å². The number of imidazole rings is 1. The topological polar surface area (TPSA) is 71.8 Å². The van der Waals surface area contributed by atoms with Crippen LogP contribution in [-0.4, -0.2) is 15.8 Å². The average Bonchev–Trinajstić information content (AvgIpc) is 2.74. The van der Waals surface area contributed by atoms with Gasteiger partial charge in [-0.1, -0.05) is 12.1 Å². The number of rotatable bonds is 3. The Morgan fingerprint density at radius 2 is 2.31 bits per heavy atom. The van der Waals surface area contributed by atoms with Crippen LogP contribution in [-0.2, 0) is 6.42 Å². The predicted molar refractivity (Wildman–Crippen MR) is 62.2 cm³/mol. The number of benzene rings is 1. The van der Waals surface area contributed by atoms with Gasteiger partial charge in [0.1, 0.15) is 5.82 Å². The van der Waals surface area contributed by atoms with E-state index in [1.807, 2.05) is 19.1 Å². The molecule has 82 valence electrons. The van der Waals surface area contributed by atoms with Crippen molar-refractivity contribution in [2.45, 2.75) is 13.3 Å². The standard InChI is InChI=1S/C12H13N3O/c1-8-3-2-4-9(12(8)13)10(16)7-11-14-5-6-15-11/h2-6H,7,13H2,1H3,(H,14,15). The number of aryl methyl sites for hydroxylation is 1. The van der Waals surface area contributed by atoms with Crippen LogP contribution in [0.15, 0.2) is 30.6 Å². The number of hydrogen-bond donors (Lipinski definition) is 2. The van der Waals surface area contributed by atoms with Gasteiger partial charge in [-0.15, -0.1) is 0 Å². The number of carbonyl (C=O) groups is 1. The van der Waals surface area contributed by atoms with Crippen molar-refractivity contribution >= 4 is 11.5 Å². The molecule has 4 heteroatoms. The number of ketones is 1. The number of nitrogens with zero attached hydrogens (tertiary/aromatic N) is 1. The lowest BCUT2D eigenvalue weighted by atomic mass is 10.0. The Balaban J connectivity index is 2.24. The maximum Gasteiger partial charge on any atom is 0.172 e. The molecule has 0 spiro atoms. The molecule has 4 nitrogen and oxygen atoms in total. The van der Waals surface area contributed by atoms with Crippen molar-refractivity contribution in [3.8, 4) is 0 Å². The van der Waals surface area contributed by atoms with Crippen LogP contribution >= 0.6 is 0 Å². The normalized spacial score (nSPS) is 10.3. The van der Waals surface area contributed by atoms with Gasteiger partial charge in [-0.25, -0.2) is 4.98 Å². The molecule has 0 saturated heterocycles. The summed E-state index contributed by atoms with van der Waals surface area (Å²) in [7, 11) is 0. The largest absolute Gasteiger partial charge is 0.398 e. The molecule has 16 heavy (non-hydrogen) atoms. The highest BCUT2D eigenvalue weighted by Crippen LogP contribution is 2.17. The zero-order valence-corrected chi connectivity index (χ0v) is 9.03. The first-order valence-corrected chi connectivity index (χ1v) is 5.05. The molecule has 0 atom stereocenters. The first-order valence-electron chi connectivity index (χ1n) is 5.05. The van der Waals surface area contributed by atoms with E-state index in [-0.39, 0.29) is 12.2 Å². The smallest absolute Gasteiger partial charge is 0.172 e. The summed E-state index contributed by atoms with van der Waals surface area (Å²) in [6, 6.07) is 5.47. The third kappa shape index (κ3) is 1.95. The van der Waals surface area contributed by atoms with Gasteiger partial charge in [0.25, 0.3) is 0 Å². The number of para-hydroxylation sites is 1. The summed E-state index contributed by atoms with van der Waals surface area (Å²) in [5.74, 6) is 0.641. The minimum Gasteiger partial charge on any atom is -0.398 e. The van der Waals surface area contributed by atoms with Crippen molar-refractivity contribution in [1.82, 2.24) is 9.97 Å². The maximum absolute atomic E-state index is 11.9. The highest BCUT2D eigenvalue weighted by atomic mass is 16.1. The lowest BCUT2D eigenvalue weighted by Crippen LogP contribution is -2.08. The molecule has 2 rings (SSSR count). The minimum absolute atomic E-state index is 0.0175. The lowest BCUT2D eigenvalue weighted by Gasteiger charge is -2.06. The Morgan fingerprint density at radius 3 is 3.00 bits per heavy atom. The van der Waals surface area contributed by atoms with Gasteiger partial charge in [0.2, 0.25) is 0 Å². The highest BCUT2D eigenvalue weighted by Gasteiger charge is 2.12. The Hall–Kier alpha value is -2.10. The van der Waals surface area contributed by atoms with Crippen LogP contribution in [0.5, 0.6) is 0 Å². The second-order valence-electron chi connectivity index (χ2n) is 3.67. The zero-order chi connectivity index (χ0) is 11.5. The van der Waals surface area contributed by atoms with Gasteiger partial charge >= 0.3 is 0 Å². The van der Waals surface area contributed by atoms with Gasteiger partial charge in [-0.2, -0.15) is 0 Å². The fraction of sp³-hybridized carbons (Fsp3) is 0.167. The molecule has 0 radical (unpaired) electrons. The molecule has 0 bridgehead atoms. The Morgan fingerprint density at radius 1 is 1.50 bits per heavy atom. The van der Waals surface area contributed by atoms with Crippen molar-refractivity contribution < 1.29 is 4.79 Å². The Labute approximate surface area is 93.5 Å². The second kappa shape index (κ2) is 4.18. The maximum atomic E-state index is 11.9. The molecule has 1 aromatic heterocycles. The minimum atomic E-state index is -0.0175. The van der Waals surface area contributed by atoms with E-state index in [1.54, 1.807) is 18.5 Å². The van der Waals surface area contributed by atoms with Crippen molar-refractivity contribution in [3.05, 3.63) is 47.5 Å². The molecule has 0 unspecified atom stereocenters. The molecule has 0 saturated carbocycles. The molecule has 0 amide bonds. The van der Waals surface area contributed by atoms with Crippen LogP contribution in [0.1, 0.15) is 21.7 Å². The van der Waals surface area contributed by atoms with Crippen LogP contribution in [0.3, 0.4) is 0 Å². The van der Waals surface area contributed by atoms with Gasteiger partial charge in [0.15, 0.2) is 5.78 Å². The van der Waals surface area contributed by atoms with Crippen LogP contribution in [0.4, 0.5) is 5.69 Å². The zero-order valence-electron chi connectivity index (χ0n) is 9.03. The Bertz CT molecular complexity index is 503. The first-order chi connectivity index (χ1) is 7.68. The van der Waals surface area contributed by atoms with Crippen molar-refractivity contribution in [1.29, 1.82) is 0 Å². The number of H-pyrrole nitrogens is 1. The molecule has 0 aliphatic heterocycles. The van der Waals surface area contributed by atoms with Crippen LogP contribution in [0.25, 0.3) is 0 Å². The quantitative estimate of drug-likeness (QED) is 0.605. The third-order valence-electron chi connectivity index (χ3n) is 2.51. The molecule has 2 aromatic rings. The number of nitrogens with two attached hydrogens (primary N) is 1. The molecular weight excluding hydrogens is 202 g/mol. The summed E-state index contributed by atoms with van der Waals surface area (Å²) in [6.45, 7) is 1.89. The number of anilines is 1. The van der Waals surface area contributed by atoms with E-state index in [0.29, 0.717) is 17.1 Å². The van der Waals surface area contributed by atoms with E-state index >= 15 is 0 Å². The first kappa shape index (κ1) is 10.4. The number of aromatic nitrogens is 2. The molecule has 3 N–H and O–H groups in total. The summed E-state index contributed by atoms with van der Waals surface area (Å²) >= 11 is 0. The number of aromatic amines is 1. The fourth-order valence-electron chi connectivity index (χ4n) is 1.57. The van der Waals surface area contributed by atoms with E-state index in [1.165, 1.54) is 0 Å². The van der Waals surface area contributed by atoms with E-state index in [0.717, 1.165) is 5.56 Å². The molecule has 0 fully saturated rings. The molecule has 1 heterocycles. The van der Waals surface area contributed by atoms with E-state index in [9.17, 15) is 4.79 Å². The van der Waals surface area contributed by atoms with Crippen LogP contribution in [0.2, 0.25) is 0 Å². The fourth-order valence-corrected chi connectivity index (χ4v) is 1.57. The van der Waals surface area contributed by atoms with Crippen LogP contribution < -0.4 is 5.73 Å². The summed E-state index contributed by atoms with van der Waals surface area (Å²) in [5.41, 5.74) is 7.90. The lowest BCUT2D eigenvalue weighted by molar-refractivity contribution is 0.0992. The number of carbonyl (C=O) groups excluding carboxylic acids is 1. The summed E-state index contributed by atoms with van der Waals surface area (Å²) < 4.78 is 0. The monoisotopic (exact) mass is 215 g/mol. The SMILES string of the molecule is Cc1cccc(C(=O)Cc2ncc[nH]2)c1N. The van der Waals surface area contributed by atoms with Gasteiger partial charge < -0.3 is 10.7 Å². The van der Waals surface area contributed by atoms with Crippen molar-refractivity contribution in [3.63, 3.8) is 0 Å². The van der Waals surface area contributed by atoms with Gasteiger partial charge in [-0.3, -0.25) is 4.79 Å². The Kier molecular flexibility index (Phi) is 2.72. The summed E-state index contributed by atoms with van der Waals surface area (Å²) in [5, 5.41) is 0. The average molecular weight is 215 g/mol. The molecular formula is C12H13N3O. The van der Waals surface area contributed by atoms with Gasteiger partial charge in [0.05, 0.1) is 6.42 Å². The third-order valence-corrected chi connectivity index (χ3v) is 2.51. The van der Waals surface area contributed by atoms with Gasteiger partial charge in [-0.05, 0) is 18.6 Å². The molecule has 1 aromatic carbocycles.